The Labute approximate surface area is 146 Å². The molecule has 2 rings (SSSR count). The Morgan fingerprint density at radius 2 is 1.84 bits per heavy atom. The Morgan fingerprint density at radius 3 is 2.40 bits per heavy atom. The normalized spacial score (nSPS) is 19.6. The van der Waals surface area contributed by atoms with Crippen LogP contribution >= 0.6 is 0 Å². The van der Waals surface area contributed by atoms with Gasteiger partial charge in [-0.05, 0) is 24.6 Å². The van der Waals surface area contributed by atoms with Gasteiger partial charge in [0.15, 0.2) is 11.5 Å². The number of hydrogen-bond acceptors (Lipinski definition) is 5. The molecule has 0 aromatic heterocycles. The molecule has 136 valence electrons. The monoisotopic (exact) mass is 349 g/mol. The second-order valence-electron chi connectivity index (χ2n) is 6.31. The van der Waals surface area contributed by atoms with Crippen LogP contribution in [0.1, 0.15) is 12.5 Å². The molecule has 1 N–H and O–H groups in total. The van der Waals surface area contributed by atoms with Gasteiger partial charge in [-0.25, -0.2) is 4.79 Å². The third kappa shape index (κ3) is 3.67. The number of benzene rings is 1. The lowest BCUT2D eigenvalue weighted by Crippen LogP contribution is -2.46. The second kappa shape index (κ2) is 7.00. The molecule has 1 aromatic rings. The maximum absolute atomic E-state index is 12.7. The molecule has 1 heterocycles. The van der Waals surface area contributed by atoms with Gasteiger partial charge in [0.25, 0.3) is 5.91 Å². The Hall–Kier alpha value is -2.77. The number of amides is 4. The lowest BCUT2D eigenvalue weighted by Gasteiger charge is -2.22. The predicted molar refractivity (Wildman–Crippen MR) is 90.6 cm³/mol. The van der Waals surface area contributed by atoms with Crippen LogP contribution < -0.4 is 14.8 Å². The molecule has 1 atom stereocenters. The van der Waals surface area contributed by atoms with E-state index in [0.29, 0.717) is 11.5 Å². The number of carbonyl (C=O) groups is 3. The molecule has 25 heavy (non-hydrogen) atoms. The molecule has 0 bridgehead atoms. The van der Waals surface area contributed by atoms with Crippen molar-refractivity contribution in [2.24, 2.45) is 0 Å². The fourth-order valence-electron chi connectivity index (χ4n) is 2.69. The minimum Gasteiger partial charge on any atom is -0.493 e. The summed E-state index contributed by atoms with van der Waals surface area (Å²) in [6.07, 6.45) is 0.268. The van der Waals surface area contributed by atoms with E-state index < -0.39 is 17.5 Å². The summed E-state index contributed by atoms with van der Waals surface area (Å²) < 4.78 is 10.5. The number of imide groups is 1. The lowest BCUT2D eigenvalue weighted by molar-refractivity contribution is -0.137. The van der Waals surface area contributed by atoms with Crippen LogP contribution in [0.15, 0.2) is 18.2 Å². The van der Waals surface area contributed by atoms with E-state index in [-0.39, 0.29) is 18.9 Å². The van der Waals surface area contributed by atoms with Gasteiger partial charge in [0.1, 0.15) is 12.1 Å². The predicted octanol–water partition coefficient (Wildman–Crippen LogP) is 0.645. The van der Waals surface area contributed by atoms with Crippen LogP contribution in [0.4, 0.5) is 4.79 Å². The average molecular weight is 349 g/mol. The van der Waals surface area contributed by atoms with Crippen molar-refractivity contribution in [3.63, 3.8) is 0 Å². The van der Waals surface area contributed by atoms with Crippen LogP contribution in [-0.2, 0) is 16.0 Å². The molecule has 1 aromatic carbocycles. The maximum Gasteiger partial charge on any atom is 0.325 e. The van der Waals surface area contributed by atoms with Crippen molar-refractivity contribution in [2.75, 3.05) is 34.9 Å². The van der Waals surface area contributed by atoms with Gasteiger partial charge in [-0.2, -0.15) is 0 Å². The summed E-state index contributed by atoms with van der Waals surface area (Å²) in [5.74, 6) is 0.373. The summed E-state index contributed by atoms with van der Waals surface area (Å²) in [6, 6.07) is 4.74. The summed E-state index contributed by atoms with van der Waals surface area (Å²) in [5, 5.41) is 2.68. The van der Waals surface area contributed by atoms with Crippen LogP contribution in [0.5, 0.6) is 11.5 Å². The summed E-state index contributed by atoms with van der Waals surface area (Å²) in [7, 11) is 6.22. The Balaban J connectivity index is 2.20. The molecule has 0 unspecified atom stereocenters. The highest BCUT2D eigenvalue weighted by Crippen LogP contribution is 2.30. The number of methoxy groups -OCH3 is 2. The minimum atomic E-state index is -1.12. The number of likely N-dealkylation sites (N-methyl/N-ethyl adjacent to an activating group) is 1. The van der Waals surface area contributed by atoms with Crippen molar-refractivity contribution in [1.82, 2.24) is 15.1 Å². The quantitative estimate of drug-likeness (QED) is 0.762. The highest BCUT2D eigenvalue weighted by molar-refractivity contribution is 6.08. The third-order valence-electron chi connectivity index (χ3n) is 4.14. The molecule has 0 spiro atoms. The van der Waals surface area contributed by atoms with E-state index in [1.807, 2.05) is 0 Å². The van der Waals surface area contributed by atoms with Crippen LogP contribution in [-0.4, -0.2) is 68.0 Å². The first-order valence-electron chi connectivity index (χ1n) is 7.77. The molecule has 4 amide bonds. The van der Waals surface area contributed by atoms with Crippen LogP contribution in [0.2, 0.25) is 0 Å². The lowest BCUT2D eigenvalue weighted by atomic mass is 9.92. The number of nitrogens with zero attached hydrogens (tertiary/aromatic N) is 2. The van der Waals surface area contributed by atoms with E-state index in [1.165, 1.54) is 12.0 Å². The number of carbonyl (C=O) groups excluding carboxylic acids is 3. The highest BCUT2D eigenvalue weighted by atomic mass is 16.5. The first-order valence-corrected chi connectivity index (χ1v) is 7.77. The molecule has 1 saturated heterocycles. The Kier molecular flexibility index (Phi) is 5.20. The fraction of sp³-hybridized carbons (Fsp3) is 0.471. The number of ether oxygens (including phenoxy) is 2. The van der Waals surface area contributed by atoms with E-state index in [0.717, 1.165) is 10.5 Å². The molecular weight excluding hydrogens is 326 g/mol. The van der Waals surface area contributed by atoms with Crippen molar-refractivity contribution in [2.45, 2.75) is 18.9 Å². The number of urea groups is 1. The van der Waals surface area contributed by atoms with Gasteiger partial charge in [-0.1, -0.05) is 6.07 Å². The van der Waals surface area contributed by atoms with Gasteiger partial charge in [0, 0.05) is 20.5 Å². The molecule has 0 saturated carbocycles. The maximum atomic E-state index is 12.7. The van der Waals surface area contributed by atoms with E-state index in [1.54, 1.807) is 46.3 Å². The first-order chi connectivity index (χ1) is 11.7. The van der Waals surface area contributed by atoms with Crippen molar-refractivity contribution < 1.29 is 23.9 Å². The molecule has 8 heteroatoms. The molecule has 0 aliphatic carbocycles. The SMILES string of the molecule is COc1ccc(C[C@@]2(C)NC(=O)N(CC(=O)N(C)C)C2=O)cc1OC. The van der Waals surface area contributed by atoms with Crippen LogP contribution in [0.25, 0.3) is 0 Å². The average Bonchev–Trinajstić information content (AvgIpc) is 2.77. The Morgan fingerprint density at radius 1 is 1.20 bits per heavy atom. The summed E-state index contributed by atoms with van der Waals surface area (Å²) in [4.78, 5) is 39.0. The van der Waals surface area contributed by atoms with Gasteiger partial charge < -0.3 is 19.7 Å². The summed E-state index contributed by atoms with van der Waals surface area (Å²) in [6.45, 7) is 1.36. The molecule has 1 aliphatic rings. The topological polar surface area (TPSA) is 88.2 Å². The largest absolute Gasteiger partial charge is 0.493 e. The van der Waals surface area contributed by atoms with E-state index in [2.05, 4.69) is 5.32 Å². The molecule has 0 radical (unpaired) electrons. The molecule has 1 aliphatic heterocycles. The summed E-state index contributed by atoms with van der Waals surface area (Å²) in [5.41, 5.74) is -0.321. The van der Waals surface area contributed by atoms with Crippen molar-refractivity contribution in [3.8, 4) is 11.5 Å². The van der Waals surface area contributed by atoms with Gasteiger partial charge >= 0.3 is 6.03 Å². The van der Waals surface area contributed by atoms with Crippen LogP contribution in [0, 0.1) is 0 Å². The molecular formula is C17H23N3O5. The molecule has 8 nitrogen and oxygen atoms in total. The van der Waals surface area contributed by atoms with Crippen molar-refractivity contribution in [1.29, 1.82) is 0 Å². The third-order valence-corrected chi connectivity index (χ3v) is 4.14. The smallest absolute Gasteiger partial charge is 0.325 e. The number of nitrogens with one attached hydrogen (secondary N) is 1. The number of rotatable bonds is 6. The zero-order valence-corrected chi connectivity index (χ0v) is 15.1. The van der Waals surface area contributed by atoms with E-state index in [4.69, 9.17) is 9.47 Å². The van der Waals surface area contributed by atoms with E-state index in [9.17, 15) is 14.4 Å². The highest BCUT2D eigenvalue weighted by Gasteiger charge is 2.48. The van der Waals surface area contributed by atoms with Gasteiger partial charge in [0.2, 0.25) is 5.91 Å². The zero-order valence-electron chi connectivity index (χ0n) is 15.1. The number of hydrogen-bond donors (Lipinski definition) is 1. The van der Waals surface area contributed by atoms with Gasteiger partial charge in [-0.15, -0.1) is 0 Å². The zero-order chi connectivity index (χ0) is 18.8. The second-order valence-corrected chi connectivity index (χ2v) is 6.31. The van der Waals surface area contributed by atoms with Crippen molar-refractivity contribution >= 4 is 17.8 Å². The summed E-state index contributed by atoms with van der Waals surface area (Å²) >= 11 is 0. The fourth-order valence-corrected chi connectivity index (χ4v) is 2.69. The minimum absolute atomic E-state index is 0.268. The molecule has 1 fully saturated rings. The Bertz CT molecular complexity index is 704. The van der Waals surface area contributed by atoms with Gasteiger partial charge in [-0.3, -0.25) is 14.5 Å². The van der Waals surface area contributed by atoms with Gasteiger partial charge in [0.05, 0.1) is 14.2 Å². The van der Waals surface area contributed by atoms with E-state index >= 15 is 0 Å². The standard InChI is InChI=1S/C17H23N3O5/c1-17(9-11-6-7-12(24-4)13(8-11)25-5)15(22)20(16(23)18-17)10-14(21)19(2)3/h6-8H,9-10H2,1-5H3,(H,18,23)/t17-/m1/s1. The first kappa shape index (κ1) is 18.6. The van der Waals surface area contributed by atoms with Crippen molar-refractivity contribution in [3.05, 3.63) is 23.8 Å². The van der Waals surface area contributed by atoms with Crippen LogP contribution in [0.3, 0.4) is 0 Å².